The molecule has 0 atom stereocenters. The van der Waals surface area contributed by atoms with E-state index in [2.05, 4.69) is 4.74 Å². The van der Waals surface area contributed by atoms with Gasteiger partial charge in [-0.3, -0.25) is 4.79 Å². The third-order valence-corrected chi connectivity index (χ3v) is 0.988. The molecule has 3 heteroatoms. The minimum atomic E-state index is 0.223. The number of aliphatic hydroxyl groups is 1. The first-order valence-electron chi connectivity index (χ1n) is 3.08. The number of carbonyl (C=O) groups excluding carboxylic acids is 1. The van der Waals surface area contributed by atoms with Gasteiger partial charge in [-0.1, -0.05) is 0 Å². The zero-order valence-electron chi connectivity index (χ0n) is 5.38. The van der Waals surface area contributed by atoms with Crippen molar-refractivity contribution in [3.63, 3.8) is 0 Å². The summed E-state index contributed by atoms with van der Waals surface area (Å²) >= 11 is 0. The van der Waals surface area contributed by atoms with Crippen LogP contribution in [-0.4, -0.2) is 24.8 Å². The minimum Gasteiger partial charge on any atom is -0.468 e. The number of carbonyl (C=O) groups is 1. The lowest BCUT2D eigenvalue weighted by molar-refractivity contribution is -0.128. The summed E-state index contributed by atoms with van der Waals surface area (Å²) in [5, 5.41) is 8.31. The van der Waals surface area contributed by atoms with Crippen LogP contribution in [0.3, 0.4) is 0 Å². The fraction of sp³-hybridized carbons (Fsp3) is 0.833. The molecule has 9 heavy (non-hydrogen) atoms. The highest BCUT2D eigenvalue weighted by atomic mass is 16.5. The highest BCUT2D eigenvalue weighted by molar-refractivity contribution is 5.36. The third kappa shape index (κ3) is 7.43. The molecule has 0 aromatic carbocycles. The largest absolute Gasteiger partial charge is 0.468 e. The van der Waals surface area contributed by atoms with Crippen molar-refractivity contribution in [2.75, 3.05) is 13.2 Å². The Morgan fingerprint density at radius 1 is 1.33 bits per heavy atom. The molecule has 0 radical (unpaired) electrons. The van der Waals surface area contributed by atoms with Gasteiger partial charge in [0.05, 0.1) is 6.61 Å². The zero-order valence-corrected chi connectivity index (χ0v) is 5.38. The first-order valence-corrected chi connectivity index (χ1v) is 3.08. The van der Waals surface area contributed by atoms with Gasteiger partial charge in [0.25, 0.3) is 6.47 Å². The van der Waals surface area contributed by atoms with E-state index < -0.39 is 0 Å². The van der Waals surface area contributed by atoms with E-state index in [1.165, 1.54) is 0 Å². The van der Waals surface area contributed by atoms with Gasteiger partial charge in [-0.05, 0) is 19.3 Å². The Bertz CT molecular complexity index is 63.3. The molecule has 0 unspecified atom stereocenters. The van der Waals surface area contributed by atoms with Gasteiger partial charge < -0.3 is 9.84 Å². The Morgan fingerprint density at radius 3 is 2.67 bits per heavy atom. The maximum absolute atomic E-state index is 9.57. The molecular weight excluding hydrogens is 120 g/mol. The maximum Gasteiger partial charge on any atom is 0.293 e. The highest BCUT2D eigenvalue weighted by Crippen LogP contribution is 1.92. The van der Waals surface area contributed by atoms with E-state index in [1.807, 2.05) is 0 Å². The second-order valence-electron chi connectivity index (χ2n) is 1.75. The molecule has 0 amide bonds. The summed E-state index contributed by atoms with van der Waals surface area (Å²) in [4.78, 5) is 9.57. The molecule has 0 aliphatic carbocycles. The summed E-state index contributed by atoms with van der Waals surface area (Å²) < 4.78 is 4.42. The smallest absolute Gasteiger partial charge is 0.293 e. The van der Waals surface area contributed by atoms with Crippen LogP contribution in [0.5, 0.6) is 0 Å². The monoisotopic (exact) mass is 132 g/mol. The van der Waals surface area contributed by atoms with Gasteiger partial charge in [0.1, 0.15) is 0 Å². The average molecular weight is 132 g/mol. The van der Waals surface area contributed by atoms with Crippen molar-refractivity contribution >= 4 is 6.47 Å². The summed E-state index contributed by atoms with van der Waals surface area (Å²) in [6.07, 6.45) is 2.56. The predicted octanol–water partition coefficient (Wildman–Crippen LogP) is 0.322. The van der Waals surface area contributed by atoms with Crippen LogP contribution >= 0.6 is 0 Å². The molecule has 54 valence electrons. The molecule has 0 saturated heterocycles. The summed E-state index contributed by atoms with van der Waals surface area (Å²) in [7, 11) is 0. The maximum atomic E-state index is 9.57. The number of hydrogen-bond acceptors (Lipinski definition) is 3. The van der Waals surface area contributed by atoms with E-state index in [0.29, 0.717) is 13.1 Å². The van der Waals surface area contributed by atoms with E-state index >= 15 is 0 Å². The molecule has 3 nitrogen and oxygen atoms in total. The predicted molar refractivity (Wildman–Crippen MR) is 33.0 cm³/mol. The normalized spacial score (nSPS) is 9.00. The molecule has 0 bridgehead atoms. The Morgan fingerprint density at radius 2 is 2.11 bits per heavy atom. The SMILES string of the molecule is O=COCCCCCO. The standard InChI is InChI=1S/C6H12O3/c7-4-2-1-3-5-9-6-8/h6-7H,1-5H2. The lowest BCUT2D eigenvalue weighted by atomic mass is 10.2. The van der Waals surface area contributed by atoms with Crippen LogP contribution in [0.1, 0.15) is 19.3 Å². The molecule has 1 N–H and O–H groups in total. The van der Waals surface area contributed by atoms with Gasteiger partial charge in [0.15, 0.2) is 0 Å². The van der Waals surface area contributed by atoms with Crippen LogP contribution in [-0.2, 0) is 9.53 Å². The third-order valence-electron chi connectivity index (χ3n) is 0.988. The first kappa shape index (κ1) is 8.43. The van der Waals surface area contributed by atoms with E-state index in [9.17, 15) is 4.79 Å². The van der Waals surface area contributed by atoms with E-state index in [1.54, 1.807) is 0 Å². The van der Waals surface area contributed by atoms with Crippen molar-refractivity contribution in [1.29, 1.82) is 0 Å². The fourth-order valence-corrected chi connectivity index (χ4v) is 0.522. The molecule has 0 aliphatic heterocycles. The van der Waals surface area contributed by atoms with Crippen molar-refractivity contribution < 1.29 is 14.6 Å². The van der Waals surface area contributed by atoms with Crippen LogP contribution in [0, 0.1) is 0 Å². The number of aliphatic hydroxyl groups excluding tert-OH is 1. The van der Waals surface area contributed by atoms with Crippen LogP contribution in [0.15, 0.2) is 0 Å². The van der Waals surface area contributed by atoms with Crippen molar-refractivity contribution in [2.45, 2.75) is 19.3 Å². The molecule has 0 aromatic rings. The van der Waals surface area contributed by atoms with Gasteiger partial charge in [-0.25, -0.2) is 0 Å². The molecule has 0 heterocycles. The zero-order chi connectivity index (χ0) is 6.95. The van der Waals surface area contributed by atoms with Gasteiger partial charge in [-0.2, -0.15) is 0 Å². The Labute approximate surface area is 54.6 Å². The summed E-state index contributed by atoms with van der Waals surface area (Å²) in [6.45, 7) is 1.14. The van der Waals surface area contributed by atoms with Crippen molar-refractivity contribution in [2.24, 2.45) is 0 Å². The van der Waals surface area contributed by atoms with E-state index in [0.717, 1.165) is 19.3 Å². The second-order valence-corrected chi connectivity index (χ2v) is 1.75. The molecule has 0 aliphatic rings. The average Bonchev–Trinajstić information content (AvgIpc) is 1.89. The quantitative estimate of drug-likeness (QED) is 0.418. The van der Waals surface area contributed by atoms with Gasteiger partial charge in [-0.15, -0.1) is 0 Å². The summed E-state index contributed by atoms with van der Waals surface area (Å²) in [5.74, 6) is 0. The number of rotatable bonds is 6. The van der Waals surface area contributed by atoms with Crippen LogP contribution < -0.4 is 0 Å². The van der Waals surface area contributed by atoms with Gasteiger partial charge in [0, 0.05) is 6.61 Å². The fourth-order valence-electron chi connectivity index (χ4n) is 0.522. The van der Waals surface area contributed by atoms with E-state index in [-0.39, 0.29) is 6.61 Å². The first-order chi connectivity index (χ1) is 4.41. The number of ether oxygens (including phenoxy) is 1. The topological polar surface area (TPSA) is 46.5 Å². The van der Waals surface area contributed by atoms with Gasteiger partial charge in [0.2, 0.25) is 0 Å². The van der Waals surface area contributed by atoms with Crippen LogP contribution in [0.4, 0.5) is 0 Å². The molecule has 0 fully saturated rings. The number of hydrogen-bond donors (Lipinski definition) is 1. The van der Waals surface area contributed by atoms with Crippen LogP contribution in [0.2, 0.25) is 0 Å². The Balaban J connectivity index is 2.66. The second kappa shape index (κ2) is 7.43. The molecule has 0 rings (SSSR count). The van der Waals surface area contributed by atoms with Gasteiger partial charge >= 0.3 is 0 Å². The summed E-state index contributed by atoms with van der Waals surface area (Å²) in [6, 6.07) is 0. The highest BCUT2D eigenvalue weighted by Gasteiger charge is 1.85. The number of unbranched alkanes of at least 4 members (excludes halogenated alkanes) is 2. The molecule has 0 aromatic heterocycles. The lowest BCUT2D eigenvalue weighted by Gasteiger charge is -1.95. The minimum absolute atomic E-state index is 0.223. The Kier molecular flexibility index (Phi) is 6.96. The molecular formula is C6H12O3. The van der Waals surface area contributed by atoms with Crippen molar-refractivity contribution in [3.05, 3.63) is 0 Å². The lowest BCUT2D eigenvalue weighted by Crippen LogP contribution is -1.92. The van der Waals surface area contributed by atoms with Crippen molar-refractivity contribution in [1.82, 2.24) is 0 Å². The molecule has 0 saturated carbocycles. The van der Waals surface area contributed by atoms with E-state index in [4.69, 9.17) is 5.11 Å². The summed E-state index contributed by atoms with van der Waals surface area (Å²) in [5.41, 5.74) is 0. The molecule has 0 spiro atoms. The van der Waals surface area contributed by atoms with Crippen molar-refractivity contribution in [3.8, 4) is 0 Å². The Hall–Kier alpha value is -0.570. The van der Waals surface area contributed by atoms with Crippen LogP contribution in [0.25, 0.3) is 0 Å².